The number of nitrogens with zero attached hydrogens (tertiary/aromatic N) is 2. The van der Waals surface area contributed by atoms with Crippen molar-refractivity contribution in [3.05, 3.63) is 71.9 Å². The lowest BCUT2D eigenvalue weighted by Gasteiger charge is -2.17. The van der Waals surface area contributed by atoms with Gasteiger partial charge in [0.15, 0.2) is 0 Å². The number of unbranched alkanes of at least 4 members (excludes halogenated alkanes) is 2. The van der Waals surface area contributed by atoms with Gasteiger partial charge in [0.25, 0.3) is 5.91 Å². The molecule has 3 rings (SSSR count). The summed E-state index contributed by atoms with van der Waals surface area (Å²) in [5.74, 6) is 2.01. The molecule has 1 amide bonds. The molecule has 0 aliphatic carbocycles. The lowest BCUT2D eigenvalue weighted by molar-refractivity contribution is 0.0792. The summed E-state index contributed by atoms with van der Waals surface area (Å²) >= 11 is 0. The fourth-order valence-electron chi connectivity index (χ4n) is 3.43. The molecule has 33 heavy (non-hydrogen) atoms. The Kier molecular flexibility index (Phi) is 8.41. The summed E-state index contributed by atoms with van der Waals surface area (Å²) in [6.07, 6.45) is 8.80. The summed E-state index contributed by atoms with van der Waals surface area (Å²) in [7, 11) is -2.02. The van der Waals surface area contributed by atoms with Crippen molar-refractivity contribution in [1.82, 2.24) is 19.8 Å². The topological polar surface area (TPSA) is 95.2 Å². The zero-order valence-corrected chi connectivity index (χ0v) is 19.4. The van der Waals surface area contributed by atoms with E-state index in [9.17, 15) is 13.2 Å². The zero-order valence-electron chi connectivity index (χ0n) is 18.6. The van der Waals surface area contributed by atoms with Crippen LogP contribution in [-0.4, -0.2) is 49.6 Å². The summed E-state index contributed by atoms with van der Waals surface area (Å²) in [5.41, 5.74) is 3.44. The van der Waals surface area contributed by atoms with Crippen molar-refractivity contribution >= 4 is 15.9 Å². The van der Waals surface area contributed by atoms with E-state index in [0.717, 1.165) is 42.6 Å². The van der Waals surface area contributed by atoms with Crippen molar-refractivity contribution in [1.29, 1.82) is 0 Å². The monoisotopic (exact) mass is 464 g/mol. The second-order valence-electron chi connectivity index (χ2n) is 7.74. The van der Waals surface area contributed by atoms with Crippen molar-refractivity contribution < 1.29 is 13.2 Å². The van der Waals surface area contributed by atoms with Gasteiger partial charge < -0.3 is 4.90 Å². The predicted molar refractivity (Wildman–Crippen MR) is 129 cm³/mol. The van der Waals surface area contributed by atoms with E-state index in [1.54, 1.807) is 24.1 Å². The lowest BCUT2D eigenvalue weighted by Crippen LogP contribution is -2.28. The van der Waals surface area contributed by atoms with Gasteiger partial charge in [0, 0.05) is 30.4 Å². The molecular weight excluding hydrogens is 436 g/mol. The van der Waals surface area contributed by atoms with Crippen LogP contribution in [0.3, 0.4) is 0 Å². The fourth-order valence-corrected chi connectivity index (χ4v) is 4.41. The largest absolute Gasteiger partial charge is 0.342 e. The average molecular weight is 465 g/mol. The smallest absolute Gasteiger partial charge is 0.253 e. The third-order valence-electron chi connectivity index (χ3n) is 5.24. The second-order valence-corrected chi connectivity index (χ2v) is 9.51. The highest BCUT2D eigenvalue weighted by Crippen LogP contribution is 2.18. The molecule has 0 fully saturated rings. The molecule has 3 aromatic rings. The molecule has 0 bridgehead atoms. The standard InChI is InChI=1S/C25H28N4O3S/c1-3-16-26-33(31,32)23-15-10-13-21(18-23)25(30)29(2)17-9-5-8-14-22-19-24(28-27-22)20-11-6-4-7-12-20/h1,4,6-7,10-13,15,18-19,26H,5,8-9,14,16-17H2,2H3,(H,27,28). The first-order valence-electron chi connectivity index (χ1n) is 10.8. The Morgan fingerprint density at radius 3 is 2.64 bits per heavy atom. The summed E-state index contributed by atoms with van der Waals surface area (Å²) in [6, 6.07) is 18.1. The van der Waals surface area contributed by atoms with Gasteiger partial charge in [-0.3, -0.25) is 9.89 Å². The molecule has 0 unspecified atom stereocenters. The summed E-state index contributed by atoms with van der Waals surface area (Å²) in [5, 5.41) is 7.47. The quantitative estimate of drug-likeness (QED) is 0.336. The number of hydrogen-bond acceptors (Lipinski definition) is 4. The van der Waals surface area contributed by atoms with Gasteiger partial charge in [0.1, 0.15) is 0 Å². The molecule has 2 N–H and O–H groups in total. The van der Waals surface area contributed by atoms with Gasteiger partial charge >= 0.3 is 0 Å². The number of carbonyl (C=O) groups is 1. The highest BCUT2D eigenvalue weighted by Gasteiger charge is 2.17. The Balaban J connectivity index is 1.45. The van der Waals surface area contributed by atoms with Gasteiger partial charge in [-0.25, -0.2) is 8.42 Å². The van der Waals surface area contributed by atoms with E-state index >= 15 is 0 Å². The lowest BCUT2D eigenvalue weighted by atomic mass is 10.1. The van der Waals surface area contributed by atoms with Gasteiger partial charge in [-0.15, -0.1) is 6.42 Å². The zero-order chi connectivity index (χ0) is 23.7. The van der Waals surface area contributed by atoms with Gasteiger partial charge in [-0.05, 0) is 43.5 Å². The molecule has 0 aliphatic heterocycles. The van der Waals surface area contributed by atoms with Crippen molar-refractivity contribution in [2.24, 2.45) is 0 Å². The summed E-state index contributed by atoms with van der Waals surface area (Å²) in [4.78, 5) is 14.4. The second kappa shape index (κ2) is 11.5. The van der Waals surface area contributed by atoms with Crippen molar-refractivity contribution in [3.63, 3.8) is 0 Å². The molecule has 0 radical (unpaired) electrons. The summed E-state index contributed by atoms with van der Waals surface area (Å²) in [6.45, 7) is 0.482. The highest BCUT2D eigenvalue weighted by atomic mass is 32.2. The number of nitrogens with one attached hydrogen (secondary N) is 2. The molecule has 7 nitrogen and oxygen atoms in total. The van der Waals surface area contributed by atoms with Crippen LogP contribution in [0.25, 0.3) is 11.3 Å². The first kappa shape index (κ1) is 24.2. The predicted octanol–water partition coefficient (Wildman–Crippen LogP) is 3.47. The van der Waals surface area contributed by atoms with E-state index in [-0.39, 0.29) is 17.3 Å². The van der Waals surface area contributed by atoms with Gasteiger partial charge in [0.05, 0.1) is 17.1 Å². The molecule has 0 spiro atoms. The first-order chi connectivity index (χ1) is 15.9. The molecule has 0 atom stereocenters. The average Bonchev–Trinajstić information content (AvgIpc) is 3.31. The number of sulfonamides is 1. The van der Waals surface area contributed by atoms with E-state index in [2.05, 4.69) is 26.9 Å². The SMILES string of the molecule is C#CCNS(=O)(=O)c1cccc(C(=O)N(C)CCCCCc2cc(-c3ccccc3)n[nH]2)c1. The minimum Gasteiger partial charge on any atom is -0.342 e. The minimum absolute atomic E-state index is 0.0198. The Morgan fingerprint density at radius 1 is 1.09 bits per heavy atom. The van der Waals surface area contributed by atoms with Gasteiger partial charge in [0.2, 0.25) is 10.0 Å². The third kappa shape index (κ3) is 6.78. The van der Waals surface area contributed by atoms with Crippen LogP contribution in [-0.2, 0) is 16.4 Å². The molecule has 8 heteroatoms. The maximum atomic E-state index is 12.7. The van der Waals surface area contributed by atoms with Crippen LogP contribution in [0.1, 0.15) is 35.3 Å². The molecule has 172 valence electrons. The van der Waals surface area contributed by atoms with E-state index in [4.69, 9.17) is 6.42 Å². The Labute approximate surface area is 195 Å². The normalized spacial score (nSPS) is 11.2. The van der Waals surface area contributed by atoms with Crippen LogP contribution in [0.2, 0.25) is 0 Å². The van der Waals surface area contributed by atoms with Crippen LogP contribution in [0.4, 0.5) is 0 Å². The van der Waals surface area contributed by atoms with Crippen LogP contribution in [0.5, 0.6) is 0 Å². The van der Waals surface area contributed by atoms with Crippen LogP contribution >= 0.6 is 0 Å². The van der Waals surface area contributed by atoms with Crippen molar-refractivity contribution in [3.8, 4) is 23.6 Å². The molecule has 2 aromatic carbocycles. The first-order valence-corrected chi connectivity index (χ1v) is 12.3. The summed E-state index contributed by atoms with van der Waals surface area (Å²) < 4.78 is 26.8. The maximum absolute atomic E-state index is 12.7. The van der Waals surface area contributed by atoms with Crippen LogP contribution in [0.15, 0.2) is 65.6 Å². The van der Waals surface area contributed by atoms with E-state index in [1.165, 1.54) is 12.1 Å². The number of aryl methyl sites for hydroxylation is 1. The Morgan fingerprint density at radius 2 is 1.88 bits per heavy atom. The molecule has 1 heterocycles. The number of hydrogen-bond donors (Lipinski definition) is 2. The number of H-pyrrole nitrogens is 1. The number of carbonyl (C=O) groups excluding carboxylic acids is 1. The third-order valence-corrected chi connectivity index (χ3v) is 6.64. The number of terminal acetylenes is 1. The molecule has 0 saturated heterocycles. The fraction of sp³-hybridized carbons (Fsp3) is 0.280. The van der Waals surface area contributed by atoms with E-state index in [1.807, 2.05) is 30.3 Å². The Bertz CT molecular complexity index is 1210. The molecule has 1 aromatic heterocycles. The highest BCUT2D eigenvalue weighted by molar-refractivity contribution is 7.89. The number of rotatable bonds is 11. The van der Waals surface area contributed by atoms with E-state index < -0.39 is 10.0 Å². The van der Waals surface area contributed by atoms with Gasteiger partial charge in [-0.2, -0.15) is 9.82 Å². The van der Waals surface area contributed by atoms with Crippen molar-refractivity contribution in [2.45, 2.75) is 30.6 Å². The van der Waals surface area contributed by atoms with Crippen LogP contribution in [0, 0.1) is 12.3 Å². The van der Waals surface area contributed by atoms with Gasteiger partial charge in [-0.1, -0.05) is 48.7 Å². The van der Waals surface area contributed by atoms with Crippen molar-refractivity contribution in [2.75, 3.05) is 20.1 Å². The number of aromatic amines is 1. The molecule has 0 aliphatic rings. The number of benzene rings is 2. The minimum atomic E-state index is -3.74. The molecule has 0 saturated carbocycles. The maximum Gasteiger partial charge on any atom is 0.253 e. The number of aromatic nitrogens is 2. The molecular formula is C25H28N4O3S. The van der Waals surface area contributed by atoms with E-state index in [0.29, 0.717) is 12.1 Å². The van der Waals surface area contributed by atoms with Crippen LogP contribution < -0.4 is 4.72 Å². The Hall–Kier alpha value is -3.41. The number of amides is 1.